The number of amides is 1. The summed E-state index contributed by atoms with van der Waals surface area (Å²) in [6.45, 7) is 8.70. The van der Waals surface area contributed by atoms with Crippen LogP contribution in [0.5, 0.6) is 0 Å². The second kappa shape index (κ2) is 7.66. The van der Waals surface area contributed by atoms with E-state index >= 15 is 0 Å². The molecule has 3 aliphatic rings. The molecule has 1 amide bonds. The molecule has 4 rings (SSSR count). The van der Waals surface area contributed by atoms with Crippen LogP contribution in [0.4, 0.5) is 0 Å². The topological polar surface area (TPSA) is 62.6 Å². The van der Waals surface area contributed by atoms with Gasteiger partial charge in [-0.1, -0.05) is 0 Å². The molecule has 0 aliphatic carbocycles. The third-order valence-corrected chi connectivity index (χ3v) is 6.15. The summed E-state index contributed by atoms with van der Waals surface area (Å²) < 4.78 is 7.57. The van der Waals surface area contributed by atoms with Crippen LogP contribution >= 0.6 is 0 Å². The molecular formula is C19H31N5O2. The molecule has 0 aromatic carbocycles. The first-order valence-electron chi connectivity index (χ1n) is 10.1. The summed E-state index contributed by atoms with van der Waals surface area (Å²) in [5.41, 5.74) is 1.14. The van der Waals surface area contributed by atoms with E-state index in [1.807, 2.05) is 4.68 Å². The summed E-state index contributed by atoms with van der Waals surface area (Å²) >= 11 is 0. The molecule has 3 saturated heterocycles. The number of likely N-dealkylation sites (tertiary alicyclic amines) is 1. The molecule has 26 heavy (non-hydrogen) atoms. The lowest BCUT2D eigenvalue weighted by Crippen LogP contribution is -2.59. The number of piperidine rings is 1. The van der Waals surface area contributed by atoms with E-state index in [0.717, 1.165) is 57.8 Å². The standard InChI is InChI=1S/C19H31N5O2/c1-3-22-8-6-16(21-22)17-5-4-7-24(17)18-11-15(12-19(25)20-18)23-9-10-26-13-14(23)2/h6,8,14-15,17-18H,3-5,7,9-13H2,1-2H3,(H,20,25)/t14-,15?,17?,18?/m1/s1. The Morgan fingerprint density at radius 2 is 2.23 bits per heavy atom. The van der Waals surface area contributed by atoms with Crippen molar-refractivity contribution in [2.45, 2.75) is 70.4 Å². The minimum atomic E-state index is 0.107. The second-order valence-corrected chi connectivity index (χ2v) is 7.83. The number of morpholine rings is 1. The lowest BCUT2D eigenvalue weighted by Gasteiger charge is -2.45. The Kier molecular flexibility index (Phi) is 5.29. The van der Waals surface area contributed by atoms with E-state index in [0.29, 0.717) is 24.5 Å². The number of carbonyl (C=O) groups excluding carboxylic acids is 1. The van der Waals surface area contributed by atoms with Crippen LogP contribution in [0, 0.1) is 0 Å². The predicted molar refractivity (Wildman–Crippen MR) is 98.5 cm³/mol. The van der Waals surface area contributed by atoms with Crippen molar-refractivity contribution < 1.29 is 9.53 Å². The van der Waals surface area contributed by atoms with Crippen molar-refractivity contribution in [3.8, 4) is 0 Å². The van der Waals surface area contributed by atoms with Crippen LogP contribution in [0.2, 0.25) is 0 Å². The summed E-state index contributed by atoms with van der Waals surface area (Å²) in [5.74, 6) is 0.176. The number of aryl methyl sites for hydroxylation is 1. The van der Waals surface area contributed by atoms with Gasteiger partial charge in [0.05, 0.1) is 31.1 Å². The van der Waals surface area contributed by atoms with E-state index in [2.05, 4.69) is 41.2 Å². The van der Waals surface area contributed by atoms with Gasteiger partial charge in [0.1, 0.15) is 0 Å². The number of carbonyl (C=O) groups is 1. The van der Waals surface area contributed by atoms with Crippen LogP contribution in [-0.4, -0.2) is 70.0 Å². The Morgan fingerprint density at radius 3 is 3.00 bits per heavy atom. The van der Waals surface area contributed by atoms with Crippen molar-refractivity contribution in [1.82, 2.24) is 24.9 Å². The quantitative estimate of drug-likeness (QED) is 0.878. The number of hydrogen-bond donors (Lipinski definition) is 1. The van der Waals surface area contributed by atoms with Crippen molar-refractivity contribution >= 4 is 5.91 Å². The average Bonchev–Trinajstić information content (AvgIpc) is 3.30. The van der Waals surface area contributed by atoms with Gasteiger partial charge in [-0.2, -0.15) is 5.10 Å². The first kappa shape index (κ1) is 17.9. The maximum Gasteiger partial charge on any atom is 0.222 e. The minimum absolute atomic E-state index is 0.107. The second-order valence-electron chi connectivity index (χ2n) is 7.83. The molecule has 3 aliphatic heterocycles. The van der Waals surface area contributed by atoms with Gasteiger partial charge in [0.2, 0.25) is 5.91 Å². The van der Waals surface area contributed by atoms with Crippen LogP contribution in [0.3, 0.4) is 0 Å². The number of rotatable bonds is 4. The average molecular weight is 361 g/mol. The van der Waals surface area contributed by atoms with Crippen LogP contribution in [-0.2, 0) is 16.1 Å². The Hall–Kier alpha value is -1.44. The van der Waals surface area contributed by atoms with E-state index in [1.165, 1.54) is 0 Å². The molecule has 4 atom stereocenters. The first-order chi connectivity index (χ1) is 12.7. The molecule has 1 aromatic heterocycles. The minimum Gasteiger partial charge on any atom is -0.379 e. The Morgan fingerprint density at radius 1 is 1.35 bits per heavy atom. The SMILES string of the molecule is CCn1ccc(C2CCCN2C2CC(N3CCOC[C@H]3C)CC(=O)N2)n1. The highest BCUT2D eigenvalue weighted by atomic mass is 16.5. The van der Waals surface area contributed by atoms with Crippen molar-refractivity contribution in [2.75, 3.05) is 26.3 Å². The largest absolute Gasteiger partial charge is 0.379 e. The highest BCUT2D eigenvalue weighted by Crippen LogP contribution is 2.35. The zero-order valence-corrected chi connectivity index (χ0v) is 15.9. The van der Waals surface area contributed by atoms with Gasteiger partial charge >= 0.3 is 0 Å². The van der Waals surface area contributed by atoms with Gasteiger partial charge in [-0.25, -0.2) is 0 Å². The molecular weight excluding hydrogens is 330 g/mol. The van der Waals surface area contributed by atoms with Crippen molar-refractivity contribution in [2.24, 2.45) is 0 Å². The van der Waals surface area contributed by atoms with Gasteiger partial charge in [0.25, 0.3) is 0 Å². The molecule has 3 fully saturated rings. The molecule has 7 heteroatoms. The summed E-state index contributed by atoms with van der Waals surface area (Å²) in [6.07, 6.45) is 6.03. The normalized spacial score (nSPS) is 34.2. The van der Waals surface area contributed by atoms with Gasteiger partial charge < -0.3 is 10.1 Å². The summed E-state index contributed by atoms with van der Waals surface area (Å²) in [5, 5.41) is 7.99. The number of ether oxygens (including phenoxy) is 1. The summed E-state index contributed by atoms with van der Waals surface area (Å²) in [4.78, 5) is 17.4. The monoisotopic (exact) mass is 361 g/mol. The molecule has 4 heterocycles. The molecule has 0 saturated carbocycles. The van der Waals surface area contributed by atoms with Gasteiger partial charge in [0.15, 0.2) is 0 Å². The Labute approximate surface area is 155 Å². The van der Waals surface area contributed by atoms with Crippen molar-refractivity contribution in [3.05, 3.63) is 18.0 Å². The van der Waals surface area contributed by atoms with E-state index in [1.54, 1.807) is 0 Å². The lowest BCUT2D eigenvalue weighted by molar-refractivity contribution is -0.130. The van der Waals surface area contributed by atoms with Crippen molar-refractivity contribution in [3.63, 3.8) is 0 Å². The number of hydrogen-bond acceptors (Lipinski definition) is 5. The van der Waals surface area contributed by atoms with Gasteiger partial charge in [-0.15, -0.1) is 0 Å². The fraction of sp³-hybridized carbons (Fsp3) is 0.789. The summed E-state index contributed by atoms with van der Waals surface area (Å²) in [6, 6.07) is 3.14. The van der Waals surface area contributed by atoms with E-state index in [9.17, 15) is 4.79 Å². The van der Waals surface area contributed by atoms with Gasteiger partial charge in [-0.3, -0.25) is 19.3 Å². The number of nitrogens with one attached hydrogen (secondary N) is 1. The predicted octanol–water partition coefficient (Wildman–Crippen LogP) is 1.37. The first-order valence-corrected chi connectivity index (χ1v) is 10.1. The molecule has 1 aromatic rings. The fourth-order valence-electron chi connectivity index (χ4n) is 4.82. The fourth-order valence-corrected chi connectivity index (χ4v) is 4.82. The van der Waals surface area contributed by atoms with Gasteiger partial charge in [0, 0.05) is 44.3 Å². The molecule has 0 radical (unpaired) electrons. The highest BCUT2D eigenvalue weighted by molar-refractivity contribution is 5.77. The van der Waals surface area contributed by atoms with E-state index in [-0.39, 0.29) is 12.1 Å². The highest BCUT2D eigenvalue weighted by Gasteiger charge is 2.40. The molecule has 7 nitrogen and oxygen atoms in total. The maximum absolute atomic E-state index is 12.5. The smallest absolute Gasteiger partial charge is 0.222 e. The molecule has 144 valence electrons. The maximum atomic E-state index is 12.5. The lowest BCUT2D eigenvalue weighted by atomic mass is 9.98. The molecule has 0 bridgehead atoms. The summed E-state index contributed by atoms with van der Waals surface area (Å²) in [7, 11) is 0. The van der Waals surface area contributed by atoms with Crippen LogP contribution in [0.25, 0.3) is 0 Å². The zero-order chi connectivity index (χ0) is 18.1. The van der Waals surface area contributed by atoms with Crippen LogP contribution < -0.4 is 5.32 Å². The van der Waals surface area contributed by atoms with E-state index in [4.69, 9.17) is 9.84 Å². The Bertz CT molecular complexity index is 633. The third kappa shape index (κ3) is 3.52. The molecule has 1 N–H and O–H groups in total. The van der Waals surface area contributed by atoms with E-state index < -0.39 is 0 Å². The van der Waals surface area contributed by atoms with Crippen molar-refractivity contribution in [1.29, 1.82) is 0 Å². The number of nitrogens with zero attached hydrogens (tertiary/aromatic N) is 4. The third-order valence-electron chi connectivity index (χ3n) is 6.15. The van der Waals surface area contributed by atoms with Crippen LogP contribution in [0.15, 0.2) is 12.3 Å². The van der Waals surface area contributed by atoms with Gasteiger partial charge in [-0.05, 0) is 39.2 Å². The zero-order valence-electron chi connectivity index (χ0n) is 15.9. The van der Waals surface area contributed by atoms with Crippen LogP contribution in [0.1, 0.15) is 51.3 Å². The number of aromatic nitrogens is 2. The Balaban J connectivity index is 1.49. The molecule has 3 unspecified atom stereocenters. The molecule has 0 spiro atoms.